The monoisotopic (exact) mass is 352 g/mol. The number of halogens is 3. The zero-order valence-electron chi connectivity index (χ0n) is 13.1. The van der Waals surface area contributed by atoms with Gasteiger partial charge in [0.1, 0.15) is 17.8 Å². The summed E-state index contributed by atoms with van der Waals surface area (Å²) >= 11 is 0. The highest BCUT2D eigenvalue weighted by Crippen LogP contribution is 2.22. The van der Waals surface area contributed by atoms with Gasteiger partial charge in [0, 0.05) is 12.0 Å². The predicted molar refractivity (Wildman–Crippen MR) is 84.0 cm³/mol. The average Bonchev–Trinajstić information content (AvgIpc) is 2.59. The van der Waals surface area contributed by atoms with Crippen LogP contribution in [-0.4, -0.2) is 25.0 Å². The fraction of sp³-hybridized carbons (Fsp3) is 0.222. The van der Waals surface area contributed by atoms with Gasteiger partial charge < -0.3 is 9.47 Å². The van der Waals surface area contributed by atoms with Crippen molar-refractivity contribution in [1.29, 1.82) is 0 Å². The molecule has 0 saturated heterocycles. The maximum absolute atomic E-state index is 12.0. The summed E-state index contributed by atoms with van der Waals surface area (Å²) in [6.07, 6.45) is -4.55. The van der Waals surface area contributed by atoms with E-state index in [4.69, 9.17) is 9.47 Å². The second-order valence-corrected chi connectivity index (χ2v) is 5.17. The maximum atomic E-state index is 12.0. The van der Waals surface area contributed by atoms with Crippen molar-refractivity contribution in [1.82, 2.24) is 0 Å². The Hall–Kier alpha value is -2.83. The smallest absolute Gasteiger partial charge is 0.389 e. The van der Waals surface area contributed by atoms with Crippen molar-refractivity contribution in [3.05, 3.63) is 59.7 Å². The fourth-order valence-electron chi connectivity index (χ4n) is 1.93. The maximum Gasteiger partial charge on any atom is 0.389 e. The normalized spacial score (nSPS) is 11.0. The third-order valence-electron chi connectivity index (χ3n) is 3.19. The summed E-state index contributed by atoms with van der Waals surface area (Å²) in [6.45, 7) is -0.0631. The number of esters is 1. The highest BCUT2D eigenvalue weighted by atomic mass is 19.4. The highest BCUT2D eigenvalue weighted by molar-refractivity contribution is 5.91. The SMILES string of the molecule is O=Cc1ccc(OC(=O)c2ccc(OCCCC(F)(F)F)cc2)cc1. The number of alkyl halides is 3. The van der Waals surface area contributed by atoms with Crippen LogP contribution in [0.4, 0.5) is 13.2 Å². The third kappa shape index (κ3) is 6.29. The van der Waals surface area contributed by atoms with Crippen molar-refractivity contribution in [3.8, 4) is 11.5 Å². The molecule has 7 heteroatoms. The summed E-state index contributed by atoms with van der Waals surface area (Å²) in [7, 11) is 0. The van der Waals surface area contributed by atoms with E-state index >= 15 is 0 Å². The molecule has 0 amide bonds. The molecule has 0 bridgehead atoms. The number of carbonyl (C=O) groups excluding carboxylic acids is 2. The molecule has 0 unspecified atom stereocenters. The highest BCUT2D eigenvalue weighted by Gasteiger charge is 2.26. The Bertz CT molecular complexity index is 707. The lowest BCUT2D eigenvalue weighted by molar-refractivity contribution is -0.136. The van der Waals surface area contributed by atoms with E-state index in [1.165, 1.54) is 48.5 Å². The number of rotatable bonds is 7. The van der Waals surface area contributed by atoms with Gasteiger partial charge in [0.25, 0.3) is 0 Å². The largest absolute Gasteiger partial charge is 0.494 e. The van der Waals surface area contributed by atoms with Gasteiger partial charge in [-0.1, -0.05) is 0 Å². The second-order valence-electron chi connectivity index (χ2n) is 5.17. The van der Waals surface area contributed by atoms with E-state index in [9.17, 15) is 22.8 Å². The molecule has 25 heavy (non-hydrogen) atoms. The molecule has 4 nitrogen and oxygen atoms in total. The van der Waals surface area contributed by atoms with Crippen molar-refractivity contribution in [2.24, 2.45) is 0 Å². The Balaban J connectivity index is 1.85. The summed E-state index contributed by atoms with van der Waals surface area (Å²) in [5, 5.41) is 0. The van der Waals surface area contributed by atoms with Crippen molar-refractivity contribution in [3.63, 3.8) is 0 Å². The molecule has 0 fully saturated rings. The summed E-state index contributed by atoms with van der Waals surface area (Å²) in [4.78, 5) is 22.6. The number of hydrogen-bond acceptors (Lipinski definition) is 4. The molecule has 0 aliphatic rings. The van der Waals surface area contributed by atoms with Gasteiger partial charge in [-0.2, -0.15) is 13.2 Å². The third-order valence-corrected chi connectivity index (χ3v) is 3.19. The first-order chi connectivity index (χ1) is 11.9. The first kappa shape index (κ1) is 18.5. The standard InChI is InChI=1S/C18H15F3O4/c19-18(20,21)10-1-11-24-15-8-4-14(5-9-15)17(23)25-16-6-2-13(12-22)3-7-16/h2-9,12H,1,10-11H2. The molecule has 0 aliphatic heterocycles. The van der Waals surface area contributed by atoms with E-state index in [1.54, 1.807) is 0 Å². The van der Waals surface area contributed by atoms with Crippen LogP contribution in [0.1, 0.15) is 33.6 Å². The van der Waals surface area contributed by atoms with Gasteiger partial charge in [0.05, 0.1) is 12.2 Å². The quantitative estimate of drug-likeness (QED) is 0.320. The first-order valence-electron chi connectivity index (χ1n) is 7.44. The van der Waals surface area contributed by atoms with Crippen LogP contribution in [0, 0.1) is 0 Å². The number of ether oxygens (including phenoxy) is 2. The van der Waals surface area contributed by atoms with Crippen LogP contribution in [0.25, 0.3) is 0 Å². The lowest BCUT2D eigenvalue weighted by Crippen LogP contribution is -2.10. The van der Waals surface area contributed by atoms with Gasteiger partial charge in [-0.05, 0) is 55.0 Å². The van der Waals surface area contributed by atoms with E-state index in [2.05, 4.69) is 0 Å². The summed E-state index contributed by atoms with van der Waals surface area (Å²) in [6, 6.07) is 11.9. The van der Waals surface area contributed by atoms with Gasteiger partial charge >= 0.3 is 12.1 Å². The molecule has 0 N–H and O–H groups in total. The van der Waals surface area contributed by atoms with Gasteiger partial charge in [0.15, 0.2) is 0 Å². The lowest BCUT2D eigenvalue weighted by Gasteiger charge is -2.09. The topological polar surface area (TPSA) is 52.6 Å². The molecular formula is C18H15F3O4. The molecule has 0 atom stereocenters. The Morgan fingerprint density at radius 1 is 0.960 bits per heavy atom. The minimum absolute atomic E-state index is 0.0631. The van der Waals surface area contributed by atoms with Crippen LogP contribution < -0.4 is 9.47 Å². The predicted octanol–water partition coefficient (Wildman–Crippen LogP) is 4.44. The number of aldehydes is 1. The van der Waals surface area contributed by atoms with E-state index in [1.807, 2.05) is 0 Å². The van der Waals surface area contributed by atoms with Gasteiger partial charge in [-0.3, -0.25) is 4.79 Å². The van der Waals surface area contributed by atoms with Gasteiger partial charge in [-0.25, -0.2) is 4.79 Å². The molecule has 0 aliphatic carbocycles. The van der Waals surface area contributed by atoms with Crippen LogP contribution in [0.15, 0.2) is 48.5 Å². The molecule has 0 radical (unpaired) electrons. The molecule has 2 aromatic carbocycles. The molecule has 132 valence electrons. The second kappa shape index (κ2) is 8.32. The molecular weight excluding hydrogens is 337 g/mol. The number of carbonyl (C=O) groups is 2. The minimum atomic E-state index is -4.19. The van der Waals surface area contributed by atoms with E-state index < -0.39 is 18.6 Å². The first-order valence-corrected chi connectivity index (χ1v) is 7.44. The number of hydrogen-bond donors (Lipinski definition) is 0. The Morgan fingerprint density at radius 2 is 1.56 bits per heavy atom. The van der Waals surface area contributed by atoms with Crippen LogP contribution in [0.5, 0.6) is 11.5 Å². The molecule has 2 rings (SSSR count). The molecule has 0 saturated carbocycles. The zero-order valence-corrected chi connectivity index (χ0v) is 13.1. The van der Waals surface area contributed by atoms with Crippen molar-refractivity contribution < 1.29 is 32.2 Å². The summed E-state index contributed by atoms with van der Waals surface area (Å²) in [5.74, 6) is 0.0691. The van der Waals surface area contributed by atoms with Crippen molar-refractivity contribution >= 4 is 12.3 Å². The van der Waals surface area contributed by atoms with Crippen LogP contribution in [0.2, 0.25) is 0 Å². The van der Waals surface area contributed by atoms with Crippen LogP contribution in [-0.2, 0) is 0 Å². The van der Waals surface area contributed by atoms with E-state index in [-0.39, 0.29) is 18.6 Å². The van der Waals surface area contributed by atoms with Gasteiger partial charge in [-0.15, -0.1) is 0 Å². The van der Waals surface area contributed by atoms with Crippen molar-refractivity contribution in [2.75, 3.05) is 6.61 Å². The van der Waals surface area contributed by atoms with Gasteiger partial charge in [0.2, 0.25) is 0 Å². The molecule has 2 aromatic rings. The van der Waals surface area contributed by atoms with Crippen LogP contribution >= 0.6 is 0 Å². The Kier molecular flexibility index (Phi) is 6.16. The Morgan fingerprint density at radius 3 is 2.12 bits per heavy atom. The molecule has 0 spiro atoms. The Labute approximate surface area is 142 Å². The summed E-state index contributed by atoms with van der Waals surface area (Å²) < 4.78 is 46.4. The lowest BCUT2D eigenvalue weighted by atomic mass is 10.2. The average molecular weight is 352 g/mol. The molecule has 0 heterocycles. The number of benzene rings is 2. The molecule has 0 aromatic heterocycles. The fourth-order valence-corrected chi connectivity index (χ4v) is 1.93. The minimum Gasteiger partial charge on any atom is -0.494 e. The van der Waals surface area contributed by atoms with Crippen LogP contribution in [0.3, 0.4) is 0 Å². The summed E-state index contributed by atoms with van der Waals surface area (Å²) in [5.41, 5.74) is 0.730. The van der Waals surface area contributed by atoms with E-state index in [0.717, 1.165) is 0 Å². The zero-order chi connectivity index (χ0) is 18.3. The van der Waals surface area contributed by atoms with Crippen molar-refractivity contribution in [2.45, 2.75) is 19.0 Å². The van der Waals surface area contributed by atoms with E-state index in [0.29, 0.717) is 23.3 Å².